The smallest absolute Gasteiger partial charge is 0.227 e. The third kappa shape index (κ3) is 3.19. The predicted octanol–water partition coefficient (Wildman–Crippen LogP) is 1.55. The molecule has 2 aromatic heterocycles. The van der Waals surface area contributed by atoms with Crippen molar-refractivity contribution in [3.63, 3.8) is 0 Å². The predicted molar refractivity (Wildman–Crippen MR) is 114 cm³/mol. The van der Waals surface area contributed by atoms with E-state index in [1.54, 1.807) is 0 Å². The van der Waals surface area contributed by atoms with Crippen LogP contribution in [-0.4, -0.2) is 60.4 Å². The lowest BCUT2D eigenvalue weighted by Gasteiger charge is -2.38. The first-order chi connectivity index (χ1) is 14.1. The number of anilines is 4. The number of sulfone groups is 1. The summed E-state index contributed by atoms with van der Waals surface area (Å²) in [5, 5.41) is 2.40. The molecule has 30 heavy (non-hydrogen) atoms. The Morgan fingerprint density at radius 2 is 1.97 bits per heavy atom. The number of nitrogens with zero attached hydrogens (tertiary/aromatic N) is 5. The summed E-state index contributed by atoms with van der Waals surface area (Å²) in [5.41, 5.74) is 3.13. The van der Waals surface area contributed by atoms with Gasteiger partial charge in [-0.2, -0.15) is 4.98 Å². The molecule has 9 nitrogen and oxygen atoms in total. The molecule has 1 amide bonds. The van der Waals surface area contributed by atoms with Crippen molar-refractivity contribution in [2.75, 3.05) is 41.0 Å². The molecule has 0 aromatic carbocycles. The average Bonchev–Trinajstić information content (AvgIpc) is 3.29. The topological polar surface area (TPSA) is 108 Å². The fraction of sp³-hybridized carbons (Fsp3) is 0.500. The molecule has 0 radical (unpaired) electrons. The first kappa shape index (κ1) is 19.2. The summed E-state index contributed by atoms with van der Waals surface area (Å²) in [7, 11) is -3.05. The van der Waals surface area contributed by atoms with Crippen molar-refractivity contribution in [3.05, 3.63) is 29.6 Å². The SMILES string of the molecule is CC(=O)Nc1cc2c(cn1)C1(CC1)CN2c1cc(C)nc(N2CC(S(C)(=O)=O)C2)n1. The van der Waals surface area contributed by atoms with Crippen molar-refractivity contribution in [1.82, 2.24) is 15.0 Å². The maximum Gasteiger partial charge on any atom is 0.227 e. The van der Waals surface area contributed by atoms with Gasteiger partial charge in [0.05, 0.1) is 10.9 Å². The van der Waals surface area contributed by atoms with Crippen LogP contribution >= 0.6 is 0 Å². The number of pyridine rings is 1. The van der Waals surface area contributed by atoms with Crippen molar-refractivity contribution in [3.8, 4) is 0 Å². The number of aromatic nitrogens is 3. The molecule has 0 bridgehead atoms. The van der Waals surface area contributed by atoms with Gasteiger partial charge >= 0.3 is 0 Å². The van der Waals surface area contributed by atoms with Crippen LogP contribution in [-0.2, 0) is 20.0 Å². The minimum absolute atomic E-state index is 0.105. The Hall–Kier alpha value is -2.75. The third-order valence-electron chi connectivity index (χ3n) is 6.20. The summed E-state index contributed by atoms with van der Waals surface area (Å²) < 4.78 is 23.5. The Balaban J connectivity index is 1.48. The summed E-state index contributed by atoms with van der Waals surface area (Å²) in [6.07, 6.45) is 5.36. The van der Waals surface area contributed by atoms with Crippen LogP contribution in [0.15, 0.2) is 18.3 Å². The zero-order valence-electron chi connectivity index (χ0n) is 17.2. The van der Waals surface area contributed by atoms with Crippen LogP contribution in [0, 0.1) is 6.92 Å². The second kappa shape index (κ2) is 6.37. The van der Waals surface area contributed by atoms with E-state index in [9.17, 15) is 13.2 Å². The van der Waals surface area contributed by atoms with Gasteiger partial charge in [0.2, 0.25) is 11.9 Å². The normalized spacial score (nSPS) is 19.6. The second-order valence-electron chi connectivity index (χ2n) is 8.66. The minimum atomic E-state index is -3.05. The Morgan fingerprint density at radius 1 is 1.23 bits per heavy atom. The van der Waals surface area contributed by atoms with Crippen molar-refractivity contribution in [1.29, 1.82) is 0 Å². The number of rotatable bonds is 4. The molecule has 158 valence electrons. The van der Waals surface area contributed by atoms with Crippen molar-refractivity contribution in [2.24, 2.45) is 0 Å². The molecular weight excluding hydrogens is 404 g/mol. The molecule has 2 aromatic rings. The van der Waals surface area contributed by atoms with Crippen LogP contribution in [0.1, 0.15) is 31.0 Å². The number of nitrogens with one attached hydrogen (secondary N) is 1. The zero-order chi connectivity index (χ0) is 21.3. The van der Waals surface area contributed by atoms with Crippen molar-refractivity contribution < 1.29 is 13.2 Å². The summed E-state index contributed by atoms with van der Waals surface area (Å²) in [6.45, 7) is 5.03. The van der Waals surface area contributed by atoms with Crippen LogP contribution in [0.4, 0.5) is 23.3 Å². The van der Waals surface area contributed by atoms with Gasteiger partial charge in [-0.15, -0.1) is 0 Å². The maximum atomic E-state index is 11.7. The van der Waals surface area contributed by atoms with Crippen LogP contribution < -0.4 is 15.1 Å². The molecule has 2 aliphatic heterocycles. The Morgan fingerprint density at radius 3 is 2.60 bits per heavy atom. The van der Waals surface area contributed by atoms with E-state index in [1.165, 1.54) is 18.7 Å². The molecule has 3 aliphatic rings. The van der Waals surface area contributed by atoms with Crippen molar-refractivity contribution in [2.45, 2.75) is 37.4 Å². The van der Waals surface area contributed by atoms with E-state index in [-0.39, 0.29) is 16.6 Å². The molecule has 4 heterocycles. The maximum absolute atomic E-state index is 11.7. The number of hydrogen-bond donors (Lipinski definition) is 1. The summed E-state index contributed by atoms with van der Waals surface area (Å²) in [6, 6.07) is 3.85. The number of hydrogen-bond acceptors (Lipinski definition) is 8. The minimum Gasteiger partial charge on any atom is -0.338 e. The lowest BCUT2D eigenvalue weighted by atomic mass is 10.0. The van der Waals surface area contributed by atoms with Gasteiger partial charge < -0.3 is 15.1 Å². The van der Waals surface area contributed by atoms with Gasteiger partial charge in [0.25, 0.3) is 0 Å². The lowest BCUT2D eigenvalue weighted by Crippen LogP contribution is -2.55. The molecule has 10 heteroatoms. The summed E-state index contributed by atoms with van der Waals surface area (Å²) in [5.74, 6) is 1.70. The van der Waals surface area contributed by atoms with E-state index in [4.69, 9.17) is 4.98 Å². The van der Waals surface area contributed by atoms with Crippen LogP contribution in [0.25, 0.3) is 0 Å². The van der Waals surface area contributed by atoms with Crippen LogP contribution in [0.3, 0.4) is 0 Å². The highest BCUT2D eigenvalue weighted by Crippen LogP contribution is 2.58. The fourth-order valence-corrected chi connectivity index (χ4v) is 5.17. The monoisotopic (exact) mass is 428 g/mol. The Bertz CT molecular complexity index is 1160. The number of amides is 1. The molecule has 5 rings (SSSR count). The molecule has 2 fully saturated rings. The van der Waals surface area contributed by atoms with Gasteiger partial charge in [-0.25, -0.2) is 18.4 Å². The molecule has 1 spiro atoms. The number of carbonyl (C=O) groups excluding carboxylic acids is 1. The Labute approximate surface area is 175 Å². The van der Waals surface area contributed by atoms with Crippen LogP contribution in [0.5, 0.6) is 0 Å². The Kier molecular flexibility index (Phi) is 4.08. The van der Waals surface area contributed by atoms with E-state index in [2.05, 4.69) is 20.2 Å². The summed E-state index contributed by atoms with van der Waals surface area (Å²) >= 11 is 0. The summed E-state index contributed by atoms with van der Waals surface area (Å²) in [4.78, 5) is 29.3. The highest BCUT2D eigenvalue weighted by Gasteiger charge is 2.52. The average molecular weight is 429 g/mol. The second-order valence-corrected chi connectivity index (χ2v) is 11.0. The lowest BCUT2D eigenvalue weighted by molar-refractivity contribution is -0.114. The van der Waals surface area contributed by atoms with Gasteiger partial charge in [-0.1, -0.05) is 0 Å². The van der Waals surface area contributed by atoms with E-state index in [1.807, 2.05) is 30.2 Å². The van der Waals surface area contributed by atoms with Gasteiger partial charge in [0, 0.05) is 67.8 Å². The van der Waals surface area contributed by atoms with E-state index in [0.717, 1.165) is 36.6 Å². The molecule has 1 saturated carbocycles. The number of aryl methyl sites for hydroxylation is 1. The van der Waals surface area contributed by atoms with Crippen molar-refractivity contribution >= 4 is 39.0 Å². The molecule has 0 unspecified atom stereocenters. The molecular formula is C20H24N6O3S. The van der Waals surface area contributed by atoms with Gasteiger partial charge in [-0.3, -0.25) is 4.79 Å². The van der Waals surface area contributed by atoms with Crippen LogP contribution in [0.2, 0.25) is 0 Å². The van der Waals surface area contributed by atoms with E-state index >= 15 is 0 Å². The zero-order valence-corrected chi connectivity index (χ0v) is 18.0. The first-order valence-corrected chi connectivity index (χ1v) is 12.0. The molecule has 1 saturated heterocycles. The highest BCUT2D eigenvalue weighted by atomic mass is 32.2. The van der Waals surface area contributed by atoms with Gasteiger partial charge in [0.1, 0.15) is 11.6 Å². The molecule has 1 N–H and O–H groups in total. The number of carbonyl (C=O) groups is 1. The van der Waals surface area contributed by atoms with Gasteiger partial charge in [-0.05, 0) is 19.8 Å². The first-order valence-electron chi connectivity index (χ1n) is 10.00. The quantitative estimate of drug-likeness (QED) is 0.782. The molecule has 0 atom stereocenters. The number of fused-ring (bicyclic) bond motifs is 2. The third-order valence-corrected chi connectivity index (χ3v) is 7.71. The highest BCUT2D eigenvalue weighted by molar-refractivity contribution is 7.91. The molecule has 1 aliphatic carbocycles. The largest absolute Gasteiger partial charge is 0.338 e. The van der Waals surface area contributed by atoms with Gasteiger partial charge in [0.15, 0.2) is 9.84 Å². The van der Waals surface area contributed by atoms with E-state index < -0.39 is 9.84 Å². The fourth-order valence-electron chi connectivity index (χ4n) is 4.27. The standard InChI is InChI=1S/C20H24N6O3S/c1-12-6-18(24-19(22-12)25-9-14(10-25)30(3,28)29)26-11-20(4-5-20)15-8-21-17(7-16(15)26)23-13(2)27/h6-8,14H,4-5,9-11H2,1-3H3,(H,21,23,27). The van der Waals surface area contributed by atoms with E-state index in [0.29, 0.717) is 24.9 Å².